The van der Waals surface area contributed by atoms with Gasteiger partial charge in [-0.15, -0.1) is 0 Å². The van der Waals surface area contributed by atoms with E-state index in [2.05, 4.69) is 53.5 Å². The molecule has 0 aliphatic heterocycles. The Balaban J connectivity index is 4.63. The van der Waals surface area contributed by atoms with Crippen molar-refractivity contribution in [3.05, 3.63) is 0 Å². The average molecular weight is 214 g/mol. The minimum Gasteiger partial charge on any atom is -0.329 e. The fourth-order valence-electron chi connectivity index (χ4n) is 2.19. The molecule has 2 N–H and O–H groups in total. The van der Waals surface area contributed by atoms with Crippen molar-refractivity contribution in [1.29, 1.82) is 0 Å². The molecule has 2 atom stereocenters. The number of nitrogens with zero attached hydrogens (tertiary/aromatic N) is 1. The maximum absolute atomic E-state index is 5.95. The maximum Gasteiger partial charge on any atom is 0.0305 e. The lowest BCUT2D eigenvalue weighted by Gasteiger charge is -2.44. The molecule has 2 unspecified atom stereocenters. The molecule has 0 heterocycles. The quantitative estimate of drug-likeness (QED) is 0.736. The molecule has 0 aliphatic rings. The minimum absolute atomic E-state index is 0.137. The van der Waals surface area contributed by atoms with E-state index in [1.54, 1.807) is 0 Å². The highest BCUT2D eigenvalue weighted by Crippen LogP contribution is 2.25. The van der Waals surface area contributed by atoms with Gasteiger partial charge in [-0.25, -0.2) is 0 Å². The molecule has 2 nitrogen and oxygen atoms in total. The monoisotopic (exact) mass is 214 g/mol. The SMILES string of the molecule is CC(C)CC(C)(CN)N(C)C(C)C(C)C. The lowest BCUT2D eigenvalue weighted by molar-refractivity contribution is 0.0599. The number of nitrogens with two attached hydrogens (primary N) is 1. The molecular weight excluding hydrogens is 184 g/mol. The van der Waals surface area contributed by atoms with Crippen LogP contribution in [0.25, 0.3) is 0 Å². The van der Waals surface area contributed by atoms with Crippen molar-refractivity contribution in [1.82, 2.24) is 4.90 Å². The van der Waals surface area contributed by atoms with Crippen molar-refractivity contribution < 1.29 is 0 Å². The molecule has 15 heavy (non-hydrogen) atoms. The Morgan fingerprint density at radius 1 is 1.13 bits per heavy atom. The summed E-state index contributed by atoms with van der Waals surface area (Å²) in [5.74, 6) is 1.37. The first-order chi connectivity index (χ1) is 6.74. The highest BCUT2D eigenvalue weighted by Gasteiger charge is 2.32. The zero-order valence-corrected chi connectivity index (χ0v) is 11.7. The summed E-state index contributed by atoms with van der Waals surface area (Å²) in [6.07, 6.45) is 1.16. The Hall–Kier alpha value is -0.0800. The maximum atomic E-state index is 5.95. The van der Waals surface area contributed by atoms with Gasteiger partial charge in [-0.05, 0) is 39.2 Å². The first kappa shape index (κ1) is 14.9. The van der Waals surface area contributed by atoms with E-state index in [4.69, 9.17) is 5.73 Å². The summed E-state index contributed by atoms with van der Waals surface area (Å²) in [5, 5.41) is 0. The fourth-order valence-corrected chi connectivity index (χ4v) is 2.19. The smallest absolute Gasteiger partial charge is 0.0305 e. The van der Waals surface area contributed by atoms with Crippen molar-refractivity contribution in [3.63, 3.8) is 0 Å². The second-order valence-electron chi connectivity index (χ2n) is 5.89. The van der Waals surface area contributed by atoms with E-state index in [0.29, 0.717) is 17.9 Å². The van der Waals surface area contributed by atoms with Crippen molar-refractivity contribution in [2.75, 3.05) is 13.6 Å². The van der Waals surface area contributed by atoms with E-state index >= 15 is 0 Å². The van der Waals surface area contributed by atoms with Gasteiger partial charge < -0.3 is 5.73 Å². The van der Waals surface area contributed by atoms with Gasteiger partial charge in [-0.2, -0.15) is 0 Å². The molecule has 0 aromatic rings. The van der Waals surface area contributed by atoms with Crippen molar-refractivity contribution in [2.24, 2.45) is 17.6 Å². The van der Waals surface area contributed by atoms with Gasteiger partial charge in [0.05, 0.1) is 0 Å². The fraction of sp³-hybridized carbons (Fsp3) is 1.00. The van der Waals surface area contributed by atoms with Crippen LogP contribution in [0.1, 0.15) is 48.0 Å². The first-order valence-electron chi connectivity index (χ1n) is 6.17. The van der Waals surface area contributed by atoms with Gasteiger partial charge in [0.15, 0.2) is 0 Å². The van der Waals surface area contributed by atoms with Crippen molar-refractivity contribution in [2.45, 2.75) is 59.5 Å². The Bertz CT molecular complexity index is 177. The van der Waals surface area contributed by atoms with Crippen LogP contribution in [-0.2, 0) is 0 Å². The van der Waals surface area contributed by atoms with E-state index in [-0.39, 0.29) is 5.54 Å². The van der Waals surface area contributed by atoms with Gasteiger partial charge in [0, 0.05) is 18.1 Å². The van der Waals surface area contributed by atoms with E-state index in [9.17, 15) is 0 Å². The third kappa shape index (κ3) is 4.12. The van der Waals surface area contributed by atoms with E-state index < -0.39 is 0 Å². The molecule has 2 heteroatoms. The van der Waals surface area contributed by atoms with Gasteiger partial charge in [0.1, 0.15) is 0 Å². The highest BCUT2D eigenvalue weighted by molar-refractivity contribution is 4.89. The molecule has 0 spiro atoms. The van der Waals surface area contributed by atoms with Gasteiger partial charge in [-0.1, -0.05) is 27.7 Å². The predicted molar refractivity (Wildman–Crippen MR) is 69.0 cm³/mol. The number of rotatable bonds is 6. The Morgan fingerprint density at radius 2 is 1.60 bits per heavy atom. The average Bonchev–Trinajstić information content (AvgIpc) is 2.14. The van der Waals surface area contributed by atoms with Gasteiger partial charge >= 0.3 is 0 Å². The lowest BCUT2D eigenvalue weighted by Crippen LogP contribution is -2.55. The van der Waals surface area contributed by atoms with Crippen LogP contribution in [0, 0.1) is 11.8 Å². The van der Waals surface area contributed by atoms with Crippen LogP contribution in [0.15, 0.2) is 0 Å². The summed E-state index contributed by atoms with van der Waals surface area (Å²) in [6.45, 7) is 14.4. The van der Waals surface area contributed by atoms with Crippen LogP contribution in [0.2, 0.25) is 0 Å². The summed E-state index contributed by atoms with van der Waals surface area (Å²) >= 11 is 0. The van der Waals surface area contributed by atoms with Gasteiger partial charge in [0.2, 0.25) is 0 Å². The zero-order chi connectivity index (χ0) is 12.2. The number of hydrogen-bond donors (Lipinski definition) is 1. The lowest BCUT2D eigenvalue weighted by atomic mass is 9.87. The van der Waals surface area contributed by atoms with Crippen LogP contribution in [0.5, 0.6) is 0 Å². The number of hydrogen-bond acceptors (Lipinski definition) is 2. The second-order valence-corrected chi connectivity index (χ2v) is 5.89. The third-order valence-electron chi connectivity index (χ3n) is 3.71. The van der Waals surface area contributed by atoms with Gasteiger partial charge in [-0.3, -0.25) is 4.90 Å². The molecule has 0 saturated heterocycles. The highest BCUT2D eigenvalue weighted by atomic mass is 15.2. The van der Waals surface area contributed by atoms with Crippen molar-refractivity contribution >= 4 is 0 Å². The Kier molecular flexibility index (Phi) is 5.82. The normalized spacial score (nSPS) is 18.6. The summed E-state index contributed by atoms with van der Waals surface area (Å²) in [7, 11) is 2.21. The van der Waals surface area contributed by atoms with Crippen LogP contribution >= 0.6 is 0 Å². The molecule has 0 radical (unpaired) electrons. The molecule has 0 aliphatic carbocycles. The molecule has 0 bridgehead atoms. The zero-order valence-electron chi connectivity index (χ0n) is 11.7. The molecule has 0 aromatic heterocycles. The number of likely N-dealkylation sites (N-methyl/N-ethyl adjacent to an activating group) is 1. The summed E-state index contributed by atoms with van der Waals surface area (Å²) < 4.78 is 0. The molecule has 0 amide bonds. The van der Waals surface area contributed by atoms with Gasteiger partial charge in [0.25, 0.3) is 0 Å². The summed E-state index contributed by atoms with van der Waals surface area (Å²) in [4.78, 5) is 2.46. The molecule has 0 rings (SSSR count). The van der Waals surface area contributed by atoms with Crippen LogP contribution < -0.4 is 5.73 Å². The molecular formula is C13H30N2. The summed E-state index contributed by atoms with van der Waals surface area (Å²) in [5.41, 5.74) is 6.09. The predicted octanol–water partition coefficient (Wildman–Crippen LogP) is 2.73. The Morgan fingerprint density at radius 3 is 1.87 bits per heavy atom. The van der Waals surface area contributed by atoms with E-state index in [1.165, 1.54) is 0 Å². The van der Waals surface area contributed by atoms with Crippen LogP contribution in [-0.4, -0.2) is 30.1 Å². The molecule has 92 valence electrons. The second kappa shape index (κ2) is 5.86. The van der Waals surface area contributed by atoms with E-state index in [0.717, 1.165) is 13.0 Å². The minimum atomic E-state index is 0.137. The topological polar surface area (TPSA) is 29.3 Å². The third-order valence-corrected chi connectivity index (χ3v) is 3.71. The van der Waals surface area contributed by atoms with Crippen molar-refractivity contribution in [3.8, 4) is 0 Å². The standard InChI is InChI=1S/C13H30N2/c1-10(2)8-13(6,9-14)15(7)12(5)11(3)4/h10-12H,8-9,14H2,1-7H3. The van der Waals surface area contributed by atoms with E-state index in [1.807, 2.05) is 0 Å². The molecule has 0 aromatic carbocycles. The Labute approximate surface area is 96.2 Å². The largest absolute Gasteiger partial charge is 0.329 e. The summed E-state index contributed by atoms with van der Waals surface area (Å²) in [6, 6.07) is 0.581. The van der Waals surface area contributed by atoms with Crippen LogP contribution in [0.4, 0.5) is 0 Å². The molecule has 0 fully saturated rings. The first-order valence-corrected chi connectivity index (χ1v) is 6.17. The molecule has 0 saturated carbocycles. The van der Waals surface area contributed by atoms with Crippen LogP contribution in [0.3, 0.4) is 0 Å².